The van der Waals surface area contributed by atoms with Crippen molar-refractivity contribution in [3.63, 3.8) is 0 Å². The predicted octanol–water partition coefficient (Wildman–Crippen LogP) is 3.00. The number of rotatable bonds is 8. The Hall–Kier alpha value is -3.93. The predicted molar refractivity (Wildman–Crippen MR) is 173 cm³/mol. The minimum absolute atomic E-state index is 0.0623. The lowest BCUT2D eigenvalue weighted by molar-refractivity contribution is -0.156. The van der Waals surface area contributed by atoms with Crippen molar-refractivity contribution in [2.75, 3.05) is 20.2 Å². The fraction of sp³-hybridized carbons (Fsp3) is 0.471. The zero-order chi connectivity index (χ0) is 33.4. The quantitative estimate of drug-likeness (QED) is 0.250. The number of halogens is 1. The van der Waals surface area contributed by atoms with Gasteiger partial charge in [-0.05, 0) is 56.1 Å². The van der Waals surface area contributed by atoms with Crippen LogP contribution in [0.25, 0.3) is 0 Å². The summed E-state index contributed by atoms with van der Waals surface area (Å²) >= 11 is 6.31. The molecule has 248 valence electrons. The number of cyclic esters (lactones) is 1. The SMILES string of the molecule is COc1ccc(C[C@H]2NC(=O)/C=C/C[C@@H]([C@H](C)[C@H]3O[C@@H]3c3ccccc3)OC(=O)[C@H](CCN)NC(=O)C(C)(C)CNC2=O)cc1Cl. The summed E-state index contributed by atoms with van der Waals surface area (Å²) in [6, 6.07) is 12.9. The number of hydrogen-bond acceptors (Lipinski definition) is 8. The van der Waals surface area contributed by atoms with E-state index in [1.165, 1.54) is 13.2 Å². The lowest BCUT2D eigenvalue weighted by Gasteiger charge is -2.29. The Morgan fingerprint density at radius 3 is 2.48 bits per heavy atom. The molecule has 1 fully saturated rings. The van der Waals surface area contributed by atoms with Crippen molar-refractivity contribution in [2.45, 2.75) is 70.4 Å². The molecule has 0 aromatic heterocycles. The van der Waals surface area contributed by atoms with Crippen molar-refractivity contribution < 1.29 is 33.4 Å². The van der Waals surface area contributed by atoms with Crippen LogP contribution in [0.5, 0.6) is 5.75 Å². The van der Waals surface area contributed by atoms with Gasteiger partial charge >= 0.3 is 5.97 Å². The summed E-state index contributed by atoms with van der Waals surface area (Å²) in [5.41, 5.74) is 6.40. The highest BCUT2D eigenvalue weighted by atomic mass is 35.5. The number of amides is 3. The molecule has 11 nitrogen and oxygen atoms in total. The van der Waals surface area contributed by atoms with Gasteiger partial charge in [0.2, 0.25) is 17.7 Å². The first-order valence-electron chi connectivity index (χ1n) is 15.4. The Kier molecular flexibility index (Phi) is 11.8. The van der Waals surface area contributed by atoms with Gasteiger partial charge in [0.25, 0.3) is 0 Å². The number of methoxy groups -OCH3 is 1. The summed E-state index contributed by atoms with van der Waals surface area (Å²) in [7, 11) is 1.50. The second-order valence-electron chi connectivity index (χ2n) is 12.3. The van der Waals surface area contributed by atoms with E-state index in [1.807, 2.05) is 37.3 Å². The molecule has 0 radical (unpaired) electrons. The van der Waals surface area contributed by atoms with Crippen LogP contribution in [0.4, 0.5) is 0 Å². The van der Waals surface area contributed by atoms with E-state index in [1.54, 1.807) is 38.1 Å². The van der Waals surface area contributed by atoms with E-state index in [4.69, 9.17) is 31.5 Å². The van der Waals surface area contributed by atoms with Crippen LogP contribution >= 0.6 is 11.6 Å². The molecule has 5 N–H and O–H groups in total. The molecule has 0 bridgehead atoms. The molecule has 2 aromatic rings. The number of carbonyl (C=O) groups is 4. The number of carbonyl (C=O) groups excluding carboxylic acids is 4. The van der Waals surface area contributed by atoms with E-state index in [0.717, 1.165) is 5.56 Å². The molecule has 0 unspecified atom stereocenters. The molecule has 2 heterocycles. The summed E-state index contributed by atoms with van der Waals surface area (Å²) in [5.74, 6) is -1.84. The molecule has 0 saturated carbocycles. The number of ether oxygens (including phenoxy) is 3. The number of epoxide rings is 1. The van der Waals surface area contributed by atoms with Gasteiger partial charge < -0.3 is 35.9 Å². The van der Waals surface area contributed by atoms with Gasteiger partial charge in [-0.25, -0.2) is 4.79 Å². The van der Waals surface area contributed by atoms with Gasteiger partial charge in [0, 0.05) is 25.3 Å². The van der Waals surface area contributed by atoms with Crippen LogP contribution in [0.3, 0.4) is 0 Å². The highest BCUT2D eigenvalue weighted by Crippen LogP contribution is 2.45. The molecular weight excluding hydrogens is 612 g/mol. The van der Waals surface area contributed by atoms with Crippen LogP contribution in [-0.4, -0.2) is 68.2 Å². The average Bonchev–Trinajstić information content (AvgIpc) is 3.83. The van der Waals surface area contributed by atoms with E-state index in [-0.39, 0.29) is 50.5 Å². The van der Waals surface area contributed by atoms with E-state index in [9.17, 15) is 19.2 Å². The molecule has 12 heteroatoms. The zero-order valence-corrected chi connectivity index (χ0v) is 27.3. The maximum atomic E-state index is 13.4. The molecular formula is C34H43ClN4O7. The van der Waals surface area contributed by atoms with Crippen LogP contribution in [0.1, 0.15) is 50.8 Å². The maximum Gasteiger partial charge on any atom is 0.328 e. The first-order chi connectivity index (χ1) is 21.9. The van der Waals surface area contributed by atoms with Gasteiger partial charge in [-0.15, -0.1) is 0 Å². The summed E-state index contributed by atoms with van der Waals surface area (Å²) in [5, 5.41) is 8.69. The van der Waals surface area contributed by atoms with Crippen LogP contribution in [-0.2, 0) is 35.1 Å². The first-order valence-corrected chi connectivity index (χ1v) is 15.8. The smallest absolute Gasteiger partial charge is 0.328 e. The highest BCUT2D eigenvalue weighted by molar-refractivity contribution is 6.32. The van der Waals surface area contributed by atoms with Crippen LogP contribution < -0.4 is 26.4 Å². The minimum atomic E-state index is -1.12. The summed E-state index contributed by atoms with van der Waals surface area (Å²) in [6.07, 6.45) is 2.40. The average molecular weight is 655 g/mol. The highest BCUT2D eigenvalue weighted by Gasteiger charge is 2.47. The third-order valence-corrected chi connectivity index (χ3v) is 8.61. The molecule has 0 aliphatic carbocycles. The van der Waals surface area contributed by atoms with E-state index >= 15 is 0 Å². The Labute approximate surface area is 274 Å². The van der Waals surface area contributed by atoms with Crippen molar-refractivity contribution in [1.82, 2.24) is 16.0 Å². The monoisotopic (exact) mass is 654 g/mol. The van der Waals surface area contributed by atoms with E-state index in [0.29, 0.717) is 16.3 Å². The minimum Gasteiger partial charge on any atom is -0.495 e. The molecule has 6 atom stereocenters. The lowest BCUT2D eigenvalue weighted by Crippen LogP contribution is -2.54. The summed E-state index contributed by atoms with van der Waals surface area (Å²) < 4.78 is 17.2. The van der Waals surface area contributed by atoms with Crippen LogP contribution in [0.15, 0.2) is 60.7 Å². The normalized spacial score (nSPS) is 27.0. The van der Waals surface area contributed by atoms with Gasteiger partial charge in [-0.3, -0.25) is 14.4 Å². The molecule has 3 amide bonds. The topological polar surface area (TPSA) is 161 Å². The number of nitrogens with one attached hydrogen (secondary N) is 3. The number of hydrogen-bond donors (Lipinski definition) is 4. The van der Waals surface area contributed by atoms with Gasteiger partial charge in [0.05, 0.1) is 23.7 Å². The molecule has 0 spiro atoms. The Morgan fingerprint density at radius 1 is 1.07 bits per heavy atom. The zero-order valence-electron chi connectivity index (χ0n) is 26.6. The van der Waals surface area contributed by atoms with Gasteiger partial charge in [-0.2, -0.15) is 0 Å². The molecule has 46 heavy (non-hydrogen) atoms. The second-order valence-corrected chi connectivity index (χ2v) is 12.8. The lowest BCUT2D eigenvalue weighted by atomic mass is 9.91. The standard InChI is InChI=1S/C34H43ClN4O7/c1-20(29-30(46-29)22-9-6-5-7-10-22)26-11-8-12-28(40)38-25(18-21-13-14-27(44-4)23(35)17-21)31(41)37-19-34(2,3)33(43)39-24(15-16-36)32(42)45-26/h5-10,12-14,17,20,24-26,29-30H,11,15-16,18-19,36H2,1-4H3,(H,37,41)(H,38,40)(H,39,43)/b12-8+/t20-,24-,25+,26-,29+,30+/m0/s1. The van der Waals surface area contributed by atoms with Gasteiger partial charge in [-0.1, -0.05) is 61.0 Å². The van der Waals surface area contributed by atoms with Crippen molar-refractivity contribution in [1.29, 1.82) is 0 Å². The maximum absolute atomic E-state index is 13.4. The molecule has 2 aliphatic rings. The van der Waals surface area contributed by atoms with E-state index < -0.39 is 47.3 Å². The number of benzene rings is 2. The van der Waals surface area contributed by atoms with Crippen molar-refractivity contribution in [3.05, 3.63) is 76.8 Å². The number of esters is 1. The second kappa shape index (κ2) is 15.6. The largest absolute Gasteiger partial charge is 0.495 e. The van der Waals surface area contributed by atoms with E-state index in [2.05, 4.69) is 16.0 Å². The molecule has 2 aliphatic heterocycles. The number of nitrogens with two attached hydrogens (primary N) is 1. The summed E-state index contributed by atoms with van der Waals surface area (Å²) in [6.45, 7) is 5.30. The third kappa shape index (κ3) is 9.08. The van der Waals surface area contributed by atoms with Crippen molar-refractivity contribution in [2.24, 2.45) is 17.1 Å². The Bertz CT molecular complexity index is 1430. The summed E-state index contributed by atoms with van der Waals surface area (Å²) in [4.78, 5) is 53.3. The Balaban J connectivity index is 1.59. The fourth-order valence-electron chi connectivity index (χ4n) is 5.34. The fourth-order valence-corrected chi connectivity index (χ4v) is 5.62. The van der Waals surface area contributed by atoms with Gasteiger partial charge in [0.15, 0.2) is 0 Å². The third-order valence-electron chi connectivity index (χ3n) is 8.32. The Morgan fingerprint density at radius 2 is 1.80 bits per heavy atom. The van der Waals surface area contributed by atoms with Crippen molar-refractivity contribution in [3.8, 4) is 5.75 Å². The molecule has 1 saturated heterocycles. The van der Waals surface area contributed by atoms with Crippen LogP contribution in [0.2, 0.25) is 5.02 Å². The van der Waals surface area contributed by atoms with Crippen LogP contribution in [0, 0.1) is 11.3 Å². The molecule has 4 rings (SSSR count). The first kappa shape index (κ1) is 34.9. The molecule has 2 aromatic carbocycles. The van der Waals surface area contributed by atoms with Crippen molar-refractivity contribution >= 4 is 35.3 Å². The van der Waals surface area contributed by atoms with Gasteiger partial charge in [0.1, 0.15) is 30.0 Å².